The average Bonchev–Trinajstić information content (AvgIpc) is 2.88. The van der Waals surface area contributed by atoms with Gasteiger partial charge < -0.3 is 0 Å². The fourth-order valence-corrected chi connectivity index (χ4v) is 3.10. The summed E-state index contributed by atoms with van der Waals surface area (Å²) in [5.74, 6) is 6.51. The van der Waals surface area contributed by atoms with E-state index in [9.17, 15) is 0 Å². The van der Waals surface area contributed by atoms with Crippen molar-refractivity contribution in [2.45, 2.75) is 17.4 Å². The van der Waals surface area contributed by atoms with E-state index in [1.54, 1.807) is 11.3 Å². The van der Waals surface area contributed by atoms with Gasteiger partial charge in [-0.3, -0.25) is 11.3 Å². The van der Waals surface area contributed by atoms with Crippen molar-refractivity contribution in [2.75, 3.05) is 5.75 Å². The number of hydrogen-bond acceptors (Lipinski definition) is 5. The molecule has 1 atom stereocenters. The minimum atomic E-state index is 0.256. The number of rotatable bonds is 6. The van der Waals surface area contributed by atoms with Crippen LogP contribution in [0.2, 0.25) is 0 Å². The van der Waals surface area contributed by atoms with Crippen molar-refractivity contribution in [3.05, 3.63) is 46.9 Å². The molecule has 0 aliphatic carbocycles. The van der Waals surface area contributed by atoms with Crippen LogP contribution in [-0.4, -0.2) is 16.8 Å². The zero-order chi connectivity index (χ0) is 11.9. The summed E-state index contributed by atoms with van der Waals surface area (Å²) in [6.45, 7) is 0. The van der Waals surface area contributed by atoms with E-state index < -0.39 is 0 Å². The van der Waals surface area contributed by atoms with Gasteiger partial charge in [-0.2, -0.15) is 0 Å². The van der Waals surface area contributed by atoms with Gasteiger partial charge in [0.1, 0.15) is 0 Å². The lowest BCUT2D eigenvalue weighted by Crippen LogP contribution is -2.38. The van der Waals surface area contributed by atoms with Crippen LogP contribution in [0, 0.1) is 0 Å². The summed E-state index contributed by atoms with van der Waals surface area (Å²) in [6, 6.07) is 10.6. The van der Waals surface area contributed by atoms with Gasteiger partial charge in [-0.05, 0) is 12.1 Å². The molecule has 3 N–H and O–H groups in total. The molecule has 90 valence electrons. The molecule has 1 aromatic carbocycles. The molecule has 0 bridgehead atoms. The topological polar surface area (TPSA) is 50.9 Å². The molecule has 1 heterocycles. The summed E-state index contributed by atoms with van der Waals surface area (Å²) < 4.78 is 0. The molecule has 3 nitrogen and oxygen atoms in total. The second kappa shape index (κ2) is 6.76. The number of thiazole rings is 1. The van der Waals surface area contributed by atoms with Gasteiger partial charge in [0.15, 0.2) is 0 Å². The van der Waals surface area contributed by atoms with Crippen LogP contribution < -0.4 is 11.3 Å². The monoisotopic (exact) mass is 265 g/mol. The van der Waals surface area contributed by atoms with E-state index in [4.69, 9.17) is 5.84 Å². The number of nitrogens with zero attached hydrogens (tertiary/aromatic N) is 1. The second-order valence-corrected chi connectivity index (χ2v) is 5.69. The van der Waals surface area contributed by atoms with E-state index in [2.05, 4.69) is 22.5 Å². The number of aromatic nitrogens is 1. The van der Waals surface area contributed by atoms with E-state index >= 15 is 0 Å². The van der Waals surface area contributed by atoms with Crippen LogP contribution in [0.4, 0.5) is 0 Å². The molecule has 5 heteroatoms. The molecule has 0 spiro atoms. The number of nitrogens with two attached hydrogens (primary N) is 1. The summed E-state index contributed by atoms with van der Waals surface area (Å²) in [5, 5.41) is 3.12. The Morgan fingerprint density at radius 1 is 1.35 bits per heavy atom. The normalized spacial score (nSPS) is 12.5. The lowest BCUT2D eigenvalue weighted by atomic mass is 10.2. The third-order valence-corrected chi connectivity index (χ3v) is 4.31. The first-order valence-corrected chi connectivity index (χ1v) is 7.27. The highest BCUT2D eigenvalue weighted by molar-refractivity contribution is 7.99. The highest BCUT2D eigenvalue weighted by atomic mass is 32.2. The van der Waals surface area contributed by atoms with Crippen LogP contribution in [0.3, 0.4) is 0 Å². The van der Waals surface area contributed by atoms with E-state index in [-0.39, 0.29) is 6.04 Å². The molecule has 2 rings (SSSR count). The smallest absolute Gasteiger partial charge is 0.0941 e. The van der Waals surface area contributed by atoms with Crippen LogP contribution in [0.15, 0.2) is 46.8 Å². The predicted molar refractivity (Wildman–Crippen MR) is 74.1 cm³/mol. The Kier molecular flexibility index (Phi) is 5.00. The van der Waals surface area contributed by atoms with Crippen molar-refractivity contribution in [1.29, 1.82) is 0 Å². The lowest BCUT2D eigenvalue weighted by Gasteiger charge is -2.13. The highest BCUT2D eigenvalue weighted by Gasteiger charge is 2.09. The van der Waals surface area contributed by atoms with E-state index in [1.165, 1.54) is 4.90 Å². The summed E-state index contributed by atoms with van der Waals surface area (Å²) in [5.41, 5.74) is 2.86. The molecule has 0 saturated heterocycles. The maximum Gasteiger partial charge on any atom is 0.0941 e. The van der Waals surface area contributed by atoms with Crippen LogP contribution >= 0.6 is 23.1 Å². The molecule has 1 aromatic heterocycles. The van der Waals surface area contributed by atoms with Gasteiger partial charge in [0.2, 0.25) is 0 Å². The predicted octanol–water partition coefficient (Wildman–Crippen LogP) is 2.31. The molecule has 0 aliphatic rings. The van der Waals surface area contributed by atoms with Gasteiger partial charge in [0.05, 0.1) is 5.01 Å². The molecule has 2 aromatic rings. The second-order valence-electron chi connectivity index (χ2n) is 3.62. The number of hydrazine groups is 1. The van der Waals surface area contributed by atoms with Crippen molar-refractivity contribution in [2.24, 2.45) is 5.84 Å². The van der Waals surface area contributed by atoms with E-state index in [0.29, 0.717) is 0 Å². The number of benzene rings is 1. The van der Waals surface area contributed by atoms with Gasteiger partial charge in [0, 0.05) is 34.7 Å². The van der Waals surface area contributed by atoms with Crippen molar-refractivity contribution in [3.63, 3.8) is 0 Å². The summed E-state index contributed by atoms with van der Waals surface area (Å²) in [6.07, 6.45) is 2.71. The summed E-state index contributed by atoms with van der Waals surface area (Å²) in [7, 11) is 0. The van der Waals surface area contributed by atoms with Crippen LogP contribution in [-0.2, 0) is 6.42 Å². The van der Waals surface area contributed by atoms with Gasteiger partial charge in [-0.15, -0.1) is 23.1 Å². The van der Waals surface area contributed by atoms with Gasteiger partial charge in [-0.1, -0.05) is 18.2 Å². The van der Waals surface area contributed by atoms with Crippen molar-refractivity contribution in [1.82, 2.24) is 10.4 Å². The van der Waals surface area contributed by atoms with E-state index in [1.807, 2.05) is 41.5 Å². The Hall–Kier alpha value is -0.880. The van der Waals surface area contributed by atoms with Gasteiger partial charge in [0.25, 0.3) is 0 Å². The Labute approximate surface area is 109 Å². The molecular formula is C12H15N3S2. The quantitative estimate of drug-likeness (QED) is 0.478. The maximum absolute atomic E-state index is 5.57. The van der Waals surface area contributed by atoms with Gasteiger partial charge in [-0.25, -0.2) is 4.98 Å². The fourth-order valence-electron chi connectivity index (χ4n) is 1.44. The molecule has 0 radical (unpaired) electrons. The Morgan fingerprint density at radius 3 is 2.82 bits per heavy atom. The minimum Gasteiger partial charge on any atom is -0.271 e. The fraction of sp³-hybridized carbons (Fsp3) is 0.250. The number of hydrogen-bond donors (Lipinski definition) is 2. The third kappa shape index (κ3) is 4.12. The minimum absolute atomic E-state index is 0.256. The first kappa shape index (κ1) is 12.6. The molecule has 1 unspecified atom stereocenters. The van der Waals surface area contributed by atoms with Crippen molar-refractivity contribution in [3.8, 4) is 0 Å². The zero-order valence-corrected chi connectivity index (χ0v) is 11.0. The molecule has 0 aliphatic heterocycles. The first-order valence-electron chi connectivity index (χ1n) is 5.41. The van der Waals surface area contributed by atoms with Crippen LogP contribution in [0.1, 0.15) is 5.01 Å². The molecule has 0 fully saturated rings. The molecule has 0 amide bonds. The summed E-state index contributed by atoms with van der Waals surface area (Å²) >= 11 is 3.48. The molecule has 17 heavy (non-hydrogen) atoms. The Bertz CT molecular complexity index is 417. The highest BCUT2D eigenvalue weighted by Crippen LogP contribution is 2.19. The molecule has 0 saturated carbocycles. The zero-order valence-electron chi connectivity index (χ0n) is 9.37. The van der Waals surface area contributed by atoms with Gasteiger partial charge >= 0.3 is 0 Å². The maximum atomic E-state index is 5.57. The largest absolute Gasteiger partial charge is 0.271 e. The summed E-state index contributed by atoms with van der Waals surface area (Å²) in [4.78, 5) is 5.54. The first-order chi connectivity index (χ1) is 8.38. The molecular weight excluding hydrogens is 250 g/mol. The van der Waals surface area contributed by atoms with Crippen molar-refractivity contribution >= 4 is 23.1 Å². The SMILES string of the molecule is NNC(CSc1ccccc1)Cc1nccs1. The number of thioether (sulfide) groups is 1. The Balaban J connectivity index is 1.84. The number of nitrogens with one attached hydrogen (secondary N) is 1. The third-order valence-electron chi connectivity index (χ3n) is 2.33. The van der Waals surface area contributed by atoms with Crippen molar-refractivity contribution < 1.29 is 0 Å². The van der Waals surface area contributed by atoms with E-state index in [0.717, 1.165) is 17.2 Å². The van der Waals surface area contributed by atoms with Crippen LogP contribution in [0.25, 0.3) is 0 Å². The standard InChI is InChI=1S/C12H15N3S2/c13-15-10(8-12-14-6-7-16-12)9-17-11-4-2-1-3-5-11/h1-7,10,15H,8-9,13H2. The average molecular weight is 265 g/mol. The lowest BCUT2D eigenvalue weighted by molar-refractivity contribution is 0.574. The Morgan fingerprint density at radius 2 is 2.18 bits per heavy atom. The van der Waals surface area contributed by atoms with Crippen LogP contribution in [0.5, 0.6) is 0 Å².